The van der Waals surface area contributed by atoms with Crippen molar-refractivity contribution in [2.75, 3.05) is 5.32 Å². The number of carbonyl (C=O) groups is 1. The van der Waals surface area contributed by atoms with Crippen molar-refractivity contribution in [2.45, 2.75) is 25.8 Å². The minimum absolute atomic E-state index is 0.583. The zero-order chi connectivity index (χ0) is 14.0. The highest BCUT2D eigenvalue weighted by Gasteiger charge is 2.32. The highest BCUT2D eigenvalue weighted by atomic mass is 79.9. The van der Waals surface area contributed by atoms with Crippen molar-refractivity contribution in [1.82, 2.24) is 4.98 Å². The maximum Gasteiger partial charge on any atom is 0.315 e. The molecule has 0 amide bonds. The Kier molecular flexibility index (Phi) is 4.27. The van der Waals surface area contributed by atoms with E-state index in [9.17, 15) is 4.79 Å². The lowest BCUT2D eigenvalue weighted by Crippen LogP contribution is -2.28. The average molecular weight is 361 g/mol. The van der Waals surface area contributed by atoms with Gasteiger partial charge in [0.15, 0.2) is 5.13 Å². The van der Waals surface area contributed by atoms with Crippen molar-refractivity contribution in [3.8, 4) is 0 Å². The van der Waals surface area contributed by atoms with E-state index in [2.05, 4.69) is 26.2 Å². The number of halogens is 1. The molecule has 0 aliphatic heterocycles. The number of hydrogen-bond donors (Lipinski definition) is 2. The maximum atomic E-state index is 11.2. The molecule has 0 fully saturated rings. The Balaban J connectivity index is 2.03. The van der Waals surface area contributed by atoms with E-state index in [1.54, 1.807) is 30.6 Å². The number of nitrogens with one attached hydrogen (secondary N) is 1. The van der Waals surface area contributed by atoms with Crippen LogP contribution in [0, 0.1) is 0 Å². The van der Waals surface area contributed by atoms with Crippen LogP contribution in [-0.2, 0) is 16.8 Å². The highest BCUT2D eigenvalue weighted by molar-refractivity contribution is 9.11. The summed E-state index contributed by atoms with van der Waals surface area (Å²) < 4.78 is 1.09. The SMILES string of the molecule is CC(C)(C(=O)O)c1csc(NCc2ccc(Br)s2)n1. The lowest BCUT2D eigenvalue weighted by Gasteiger charge is -2.15. The van der Waals surface area contributed by atoms with E-state index in [0.29, 0.717) is 12.2 Å². The van der Waals surface area contributed by atoms with Crippen molar-refractivity contribution in [3.05, 3.63) is 31.9 Å². The second kappa shape index (κ2) is 5.60. The van der Waals surface area contributed by atoms with Gasteiger partial charge in [0.25, 0.3) is 0 Å². The molecular weight excluding hydrogens is 348 g/mol. The summed E-state index contributed by atoms with van der Waals surface area (Å²) in [5.74, 6) is -0.869. The van der Waals surface area contributed by atoms with Crippen LogP contribution in [0.4, 0.5) is 5.13 Å². The molecule has 2 rings (SSSR count). The van der Waals surface area contributed by atoms with Crippen LogP contribution in [0.2, 0.25) is 0 Å². The monoisotopic (exact) mass is 360 g/mol. The zero-order valence-electron chi connectivity index (χ0n) is 10.4. The van der Waals surface area contributed by atoms with Gasteiger partial charge in [-0.2, -0.15) is 0 Å². The molecule has 2 heterocycles. The first kappa shape index (κ1) is 14.5. The third-order valence-electron chi connectivity index (χ3n) is 2.72. The summed E-state index contributed by atoms with van der Waals surface area (Å²) in [6, 6.07) is 4.04. The molecule has 0 aromatic carbocycles. The summed E-state index contributed by atoms with van der Waals surface area (Å²) in [6.45, 7) is 4.01. The van der Waals surface area contributed by atoms with E-state index < -0.39 is 11.4 Å². The van der Waals surface area contributed by atoms with Crippen LogP contribution in [0.25, 0.3) is 0 Å². The molecule has 0 aliphatic carbocycles. The number of anilines is 1. The maximum absolute atomic E-state index is 11.2. The fraction of sp³-hybridized carbons (Fsp3) is 0.333. The second-order valence-corrected chi connectivity index (χ2v) is 7.93. The lowest BCUT2D eigenvalue weighted by atomic mass is 9.90. The fourth-order valence-electron chi connectivity index (χ4n) is 1.36. The van der Waals surface area contributed by atoms with Gasteiger partial charge in [0.1, 0.15) is 5.41 Å². The zero-order valence-corrected chi connectivity index (χ0v) is 13.7. The highest BCUT2D eigenvalue weighted by Crippen LogP contribution is 2.28. The summed E-state index contributed by atoms with van der Waals surface area (Å²) >= 11 is 6.51. The third kappa shape index (κ3) is 3.34. The first-order chi connectivity index (χ1) is 8.89. The summed E-state index contributed by atoms with van der Waals surface area (Å²) in [4.78, 5) is 16.7. The molecule has 0 aliphatic rings. The number of aliphatic carboxylic acids is 1. The van der Waals surface area contributed by atoms with Gasteiger partial charge in [-0.15, -0.1) is 22.7 Å². The molecule has 0 saturated heterocycles. The number of thiophene rings is 1. The van der Waals surface area contributed by atoms with Crippen LogP contribution >= 0.6 is 38.6 Å². The van der Waals surface area contributed by atoms with Crippen molar-refractivity contribution in [2.24, 2.45) is 0 Å². The smallest absolute Gasteiger partial charge is 0.315 e. The Morgan fingerprint density at radius 3 is 2.84 bits per heavy atom. The van der Waals surface area contributed by atoms with Gasteiger partial charge in [0.05, 0.1) is 16.0 Å². The van der Waals surface area contributed by atoms with Crippen LogP contribution in [0.15, 0.2) is 21.3 Å². The Morgan fingerprint density at radius 2 is 2.26 bits per heavy atom. The van der Waals surface area contributed by atoms with Gasteiger partial charge in [-0.25, -0.2) is 4.98 Å². The predicted octanol–water partition coefficient (Wildman–Crippen LogP) is 3.94. The Morgan fingerprint density at radius 1 is 1.53 bits per heavy atom. The summed E-state index contributed by atoms with van der Waals surface area (Å²) in [5.41, 5.74) is -0.373. The van der Waals surface area contributed by atoms with Gasteiger partial charge in [-0.05, 0) is 41.9 Å². The van der Waals surface area contributed by atoms with Crippen LogP contribution < -0.4 is 5.32 Å². The van der Waals surface area contributed by atoms with E-state index in [1.807, 2.05) is 12.1 Å². The van der Waals surface area contributed by atoms with E-state index in [4.69, 9.17) is 5.11 Å². The number of thiazole rings is 1. The van der Waals surface area contributed by atoms with Gasteiger partial charge in [0, 0.05) is 10.3 Å². The summed E-state index contributed by atoms with van der Waals surface area (Å²) in [6.07, 6.45) is 0. The molecule has 2 aromatic heterocycles. The molecule has 0 atom stereocenters. The Labute approximate surface area is 127 Å². The van der Waals surface area contributed by atoms with Gasteiger partial charge in [-0.1, -0.05) is 0 Å². The number of nitrogens with zero attached hydrogens (tertiary/aromatic N) is 1. The molecule has 0 saturated carbocycles. The number of carboxylic acids is 1. The first-order valence-electron chi connectivity index (χ1n) is 5.57. The first-order valence-corrected chi connectivity index (χ1v) is 8.06. The molecule has 0 spiro atoms. The van der Waals surface area contributed by atoms with Gasteiger partial charge in [-0.3, -0.25) is 4.79 Å². The Bertz CT molecular complexity index is 592. The summed E-state index contributed by atoms with van der Waals surface area (Å²) in [5, 5.41) is 14.9. The van der Waals surface area contributed by atoms with Crippen LogP contribution in [0.1, 0.15) is 24.4 Å². The van der Waals surface area contributed by atoms with Gasteiger partial charge >= 0.3 is 5.97 Å². The standard InChI is InChI=1S/C12H13BrN2O2S2/c1-12(2,10(16)17)8-6-18-11(15-8)14-5-7-3-4-9(13)19-7/h3-4,6H,5H2,1-2H3,(H,14,15)(H,16,17). The van der Waals surface area contributed by atoms with Crippen molar-refractivity contribution in [1.29, 1.82) is 0 Å². The lowest BCUT2D eigenvalue weighted by molar-refractivity contribution is -0.142. The quantitative estimate of drug-likeness (QED) is 0.847. The largest absolute Gasteiger partial charge is 0.481 e. The molecule has 2 N–H and O–H groups in total. The van der Waals surface area contributed by atoms with Gasteiger partial charge in [0.2, 0.25) is 0 Å². The van der Waals surface area contributed by atoms with E-state index in [-0.39, 0.29) is 0 Å². The molecule has 19 heavy (non-hydrogen) atoms. The minimum atomic E-state index is -0.956. The van der Waals surface area contributed by atoms with E-state index >= 15 is 0 Å². The number of hydrogen-bond acceptors (Lipinski definition) is 5. The fourth-order valence-corrected chi connectivity index (χ4v) is 3.66. The van der Waals surface area contributed by atoms with Crippen molar-refractivity contribution < 1.29 is 9.90 Å². The normalized spacial score (nSPS) is 11.5. The number of rotatable bonds is 5. The second-order valence-electron chi connectivity index (χ2n) is 4.53. The molecule has 102 valence electrons. The molecule has 2 aromatic rings. The summed E-state index contributed by atoms with van der Waals surface area (Å²) in [7, 11) is 0. The average Bonchev–Trinajstić information content (AvgIpc) is 2.95. The minimum Gasteiger partial charge on any atom is -0.481 e. The van der Waals surface area contributed by atoms with E-state index in [1.165, 1.54) is 16.2 Å². The van der Waals surface area contributed by atoms with Gasteiger partial charge < -0.3 is 10.4 Å². The molecule has 0 radical (unpaired) electrons. The Hall–Kier alpha value is -0.920. The van der Waals surface area contributed by atoms with Crippen LogP contribution in [0.5, 0.6) is 0 Å². The molecular formula is C12H13BrN2O2S2. The van der Waals surface area contributed by atoms with Crippen molar-refractivity contribution >= 4 is 49.7 Å². The number of aromatic nitrogens is 1. The molecule has 7 heteroatoms. The molecule has 0 unspecified atom stereocenters. The molecule has 0 bridgehead atoms. The topological polar surface area (TPSA) is 62.2 Å². The third-order valence-corrected chi connectivity index (χ3v) is 5.15. The number of carboxylic acid groups (broad SMARTS) is 1. The van der Waals surface area contributed by atoms with Crippen molar-refractivity contribution in [3.63, 3.8) is 0 Å². The van der Waals surface area contributed by atoms with E-state index in [0.717, 1.165) is 8.92 Å². The predicted molar refractivity (Wildman–Crippen MR) is 82.1 cm³/mol. The van der Waals surface area contributed by atoms with Crippen LogP contribution in [0.3, 0.4) is 0 Å². The molecule has 4 nitrogen and oxygen atoms in total. The van der Waals surface area contributed by atoms with Crippen LogP contribution in [-0.4, -0.2) is 16.1 Å².